The average Bonchev–Trinajstić information content (AvgIpc) is 2.89. The molecule has 0 amide bonds. The first kappa shape index (κ1) is 14.6. The fraction of sp³-hybridized carbons (Fsp3) is 0.538. The molecule has 2 aliphatic rings. The second-order valence-electron chi connectivity index (χ2n) is 4.62. The van der Waals surface area contributed by atoms with Crippen molar-refractivity contribution in [2.45, 2.75) is 25.3 Å². The van der Waals surface area contributed by atoms with Gasteiger partial charge >= 0.3 is 0 Å². The molecule has 17 heavy (non-hydrogen) atoms. The van der Waals surface area contributed by atoms with Gasteiger partial charge in [-0.2, -0.15) is 0 Å². The minimum absolute atomic E-state index is 0. The van der Waals surface area contributed by atoms with Gasteiger partial charge in [0, 0.05) is 24.8 Å². The van der Waals surface area contributed by atoms with Gasteiger partial charge in [0.25, 0.3) is 0 Å². The van der Waals surface area contributed by atoms with Gasteiger partial charge in [0.1, 0.15) is 0 Å². The molecule has 0 aromatic heterocycles. The monoisotopic (exact) mass is 274 g/mol. The third kappa shape index (κ3) is 3.06. The molecule has 1 atom stereocenters. The van der Waals surface area contributed by atoms with Gasteiger partial charge in [0.05, 0.1) is 0 Å². The predicted molar refractivity (Wildman–Crippen MR) is 77.9 cm³/mol. The zero-order valence-electron chi connectivity index (χ0n) is 9.89. The molecule has 0 spiro atoms. The van der Waals surface area contributed by atoms with Gasteiger partial charge in [0.15, 0.2) is 0 Å². The molecule has 0 aliphatic carbocycles. The Labute approximate surface area is 116 Å². The van der Waals surface area contributed by atoms with Gasteiger partial charge in [-0.3, -0.25) is 0 Å². The minimum atomic E-state index is 0. The lowest BCUT2D eigenvalue weighted by Crippen LogP contribution is -2.36. The molecule has 1 aromatic rings. The number of nitrogens with one attached hydrogen (secondary N) is 1. The van der Waals surface area contributed by atoms with Gasteiger partial charge in [-0.25, -0.2) is 0 Å². The summed E-state index contributed by atoms with van der Waals surface area (Å²) in [5.74, 6) is 0. The first-order chi connectivity index (χ1) is 7.43. The molecule has 0 radical (unpaired) electrons. The van der Waals surface area contributed by atoms with Crippen molar-refractivity contribution in [1.82, 2.24) is 5.32 Å². The quantitative estimate of drug-likeness (QED) is 0.892. The Morgan fingerprint density at radius 1 is 1.24 bits per heavy atom. The lowest BCUT2D eigenvalue weighted by molar-refractivity contribution is 0.589. The Hall–Kier alpha value is -0.440. The Bertz CT molecular complexity index is 351. The molecular weight excluding hydrogens is 255 g/mol. The van der Waals surface area contributed by atoms with Crippen LogP contribution >= 0.6 is 24.8 Å². The van der Waals surface area contributed by atoms with Crippen LogP contribution in [0.15, 0.2) is 24.3 Å². The number of hydrogen-bond donors (Lipinski definition) is 1. The SMILES string of the molecule is Cl.Cl.c1ccc2c(c1)CCN2C[C@@H]1CCCN1. The minimum Gasteiger partial charge on any atom is -0.369 e. The second-order valence-corrected chi connectivity index (χ2v) is 4.62. The normalized spacial score (nSPS) is 21.6. The topological polar surface area (TPSA) is 15.3 Å². The number of nitrogens with zero attached hydrogens (tertiary/aromatic N) is 1. The first-order valence-electron chi connectivity index (χ1n) is 6.00. The van der Waals surface area contributed by atoms with Gasteiger partial charge < -0.3 is 10.2 Å². The molecule has 1 fully saturated rings. The van der Waals surface area contributed by atoms with Crippen molar-refractivity contribution < 1.29 is 0 Å². The van der Waals surface area contributed by atoms with E-state index in [1.807, 2.05) is 0 Å². The van der Waals surface area contributed by atoms with Gasteiger partial charge in [-0.05, 0) is 37.4 Å². The van der Waals surface area contributed by atoms with Crippen LogP contribution in [-0.4, -0.2) is 25.7 Å². The maximum absolute atomic E-state index is 3.57. The molecular formula is C13H20Cl2N2. The fourth-order valence-electron chi connectivity index (χ4n) is 2.77. The number of fused-ring (bicyclic) bond motifs is 1. The maximum atomic E-state index is 3.57. The predicted octanol–water partition coefficient (Wildman–Crippen LogP) is 2.64. The van der Waals surface area contributed by atoms with E-state index in [-0.39, 0.29) is 24.8 Å². The summed E-state index contributed by atoms with van der Waals surface area (Å²) < 4.78 is 0. The number of hydrogen-bond acceptors (Lipinski definition) is 2. The Morgan fingerprint density at radius 2 is 2.06 bits per heavy atom. The third-order valence-corrected chi connectivity index (χ3v) is 3.59. The molecule has 2 nitrogen and oxygen atoms in total. The van der Waals surface area contributed by atoms with Crippen molar-refractivity contribution in [2.75, 3.05) is 24.5 Å². The van der Waals surface area contributed by atoms with Crippen LogP contribution < -0.4 is 10.2 Å². The van der Waals surface area contributed by atoms with E-state index in [0.29, 0.717) is 0 Å². The molecule has 0 saturated carbocycles. The smallest absolute Gasteiger partial charge is 0.0400 e. The number of benzene rings is 1. The number of rotatable bonds is 2. The van der Waals surface area contributed by atoms with E-state index in [0.717, 1.165) is 6.04 Å². The molecule has 0 unspecified atom stereocenters. The number of halogens is 2. The van der Waals surface area contributed by atoms with Crippen LogP contribution in [0.1, 0.15) is 18.4 Å². The molecule has 3 rings (SSSR count). The van der Waals surface area contributed by atoms with Crippen LogP contribution in [0, 0.1) is 0 Å². The van der Waals surface area contributed by atoms with Crippen molar-refractivity contribution in [2.24, 2.45) is 0 Å². The average molecular weight is 275 g/mol. The van der Waals surface area contributed by atoms with E-state index in [4.69, 9.17) is 0 Å². The molecule has 1 saturated heterocycles. The van der Waals surface area contributed by atoms with Crippen molar-refractivity contribution in [1.29, 1.82) is 0 Å². The summed E-state index contributed by atoms with van der Waals surface area (Å²) in [7, 11) is 0. The zero-order chi connectivity index (χ0) is 10.1. The second kappa shape index (κ2) is 6.48. The van der Waals surface area contributed by atoms with Crippen LogP contribution in [0.5, 0.6) is 0 Å². The molecule has 2 heterocycles. The van der Waals surface area contributed by atoms with Crippen molar-refractivity contribution in [3.8, 4) is 0 Å². The number of para-hydroxylation sites is 1. The van der Waals surface area contributed by atoms with Gasteiger partial charge in [-0.15, -0.1) is 24.8 Å². The highest BCUT2D eigenvalue weighted by Gasteiger charge is 2.22. The molecule has 96 valence electrons. The standard InChI is InChI=1S/C13H18N2.2ClH/c1-2-6-13-11(4-1)7-9-15(13)10-12-5-3-8-14-12;;/h1-2,4,6,12,14H,3,5,7-10H2;2*1H/t12-;;/m0../s1. The molecule has 2 aliphatic heterocycles. The summed E-state index contributed by atoms with van der Waals surface area (Å²) in [5, 5.41) is 3.57. The van der Waals surface area contributed by atoms with E-state index in [2.05, 4.69) is 34.5 Å². The lowest BCUT2D eigenvalue weighted by atomic mass is 10.2. The fourth-order valence-corrected chi connectivity index (χ4v) is 2.77. The lowest BCUT2D eigenvalue weighted by Gasteiger charge is -2.23. The summed E-state index contributed by atoms with van der Waals surface area (Å²) in [5.41, 5.74) is 2.99. The van der Waals surface area contributed by atoms with Crippen LogP contribution in [-0.2, 0) is 6.42 Å². The van der Waals surface area contributed by atoms with Crippen molar-refractivity contribution in [3.63, 3.8) is 0 Å². The Balaban J connectivity index is 0.000000722. The van der Waals surface area contributed by atoms with Gasteiger partial charge in [-0.1, -0.05) is 18.2 Å². The largest absolute Gasteiger partial charge is 0.369 e. The summed E-state index contributed by atoms with van der Waals surface area (Å²) in [6, 6.07) is 9.54. The molecule has 1 N–H and O–H groups in total. The van der Waals surface area contributed by atoms with Crippen LogP contribution in [0.3, 0.4) is 0 Å². The van der Waals surface area contributed by atoms with E-state index in [1.54, 1.807) is 0 Å². The van der Waals surface area contributed by atoms with E-state index < -0.39 is 0 Å². The molecule has 1 aromatic carbocycles. The zero-order valence-corrected chi connectivity index (χ0v) is 11.5. The summed E-state index contributed by atoms with van der Waals surface area (Å²) in [6.07, 6.45) is 3.92. The Morgan fingerprint density at radius 3 is 2.82 bits per heavy atom. The third-order valence-electron chi connectivity index (χ3n) is 3.59. The molecule has 0 bridgehead atoms. The summed E-state index contributed by atoms with van der Waals surface area (Å²) in [6.45, 7) is 3.61. The maximum Gasteiger partial charge on any atom is 0.0400 e. The number of anilines is 1. The highest BCUT2D eigenvalue weighted by Crippen LogP contribution is 2.27. The highest BCUT2D eigenvalue weighted by atomic mass is 35.5. The van der Waals surface area contributed by atoms with E-state index >= 15 is 0 Å². The van der Waals surface area contributed by atoms with Crippen LogP contribution in [0.25, 0.3) is 0 Å². The summed E-state index contributed by atoms with van der Waals surface area (Å²) in [4.78, 5) is 2.54. The highest BCUT2D eigenvalue weighted by molar-refractivity contribution is 5.85. The van der Waals surface area contributed by atoms with Gasteiger partial charge in [0.2, 0.25) is 0 Å². The van der Waals surface area contributed by atoms with Crippen molar-refractivity contribution in [3.05, 3.63) is 29.8 Å². The van der Waals surface area contributed by atoms with E-state index in [1.165, 1.54) is 50.1 Å². The Kier molecular flexibility index (Phi) is 5.57. The van der Waals surface area contributed by atoms with Crippen molar-refractivity contribution >= 4 is 30.5 Å². The van der Waals surface area contributed by atoms with E-state index in [9.17, 15) is 0 Å². The molecule has 4 heteroatoms. The summed E-state index contributed by atoms with van der Waals surface area (Å²) >= 11 is 0. The van der Waals surface area contributed by atoms with Crippen LogP contribution in [0.2, 0.25) is 0 Å². The first-order valence-corrected chi connectivity index (χ1v) is 6.00. The van der Waals surface area contributed by atoms with Crippen LogP contribution in [0.4, 0.5) is 5.69 Å².